The molecule has 1 aliphatic rings. The summed E-state index contributed by atoms with van der Waals surface area (Å²) in [5, 5.41) is 26.8. The number of aromatic amines is 2. The number of rotatable bonds is 8. The molecule has 3 aromatic carbocycles. The molecule has 50 heavy (non-hydrogen) atoms. The Morgan fingerprint density at radius 3 is 2.10 bits per heavy atom. The van der Waals surface area contributed by atoms with Crippen molar-refractivity contribution in [3.63, 3.8) is 0 Å². The van der Waals surface area contributed by atoms with E-state index in [1.165, 1.54) is 14.0 Å². The third kappa shape index (κ3) is 6.58. The van der Waals surface area contributed by atoms with Crippen molar-refractivity contribution >= 4 is 24.4 Å². The molecule has 1 saturated heterocycles. The number of quaternary nitrogens is 1. The predicted octanol–water partition coefficient (Wildman–Crippen LogP) is 4.89. The molecule has 3 heterocycles. The van der Waals surface area contributed by atoms with Gasteiger partial charge in [-0.3, -0.25) is 24.1 Å². The van der Waals surface area contributed by atoms with Gasteiger partial charge >= 0.3 is 0 Å². The number of methoxy groups -OCH3 is 1. The first-order valence-electron chi connectivity index (χ1n) is 16.6. The lowest BCUT2D eigenvalue weighted by Gasteiger charge is -2.35. The molecule has 0 amide bonds. The van der Waals surface area contributed by atoms with E-state index in [-0.39, 0.29) is 26.1 Å². The number of likely N-dealkylation sites (tertiary alicyclic amines) is 1. The Morgan fingerprint density at radius 1 is 0.920 bits per heavy atom. The molecule has 5 aromatic rings. The van der Waals surface area contributed by atoms with Crippen LogP contribution in [0.15, 0.2) is 76.3 Å². The summed E-state index contributed by atoms with van der Waals surface area (Å²) < 4.78 is 8.29. The summed E-state index contributed by atoms with van der Waals surface area (Å²) >= 11 is 11.1. The molecule has 260 valence electrons. The molecule has 4 N–H and O–H groups in total. The van der Waals surface area contributed by atoms with Crippen LogP contribution in [0, 0.1) is 28.8 Å². The van der Waals surface area contributed by atoms with Crippen LogP contribution in [0.1, 0.15) is 66.0 Å². The minimum absolute atomic E-state index is 0.0387. The number of hydrogen-bond donors (Lipinski definition) is 4. The van der Waals surface area contributed by atoms with Gasteiger partial charge in [0.15, 0.2) is 9.54 Å². The van der Waals surface area contributed by atoms with E-state index in [0.29, 0.717) is 29.2 Å². The average molecular weight is 712 g/mol. The highest BCUT2D eigenvalue weighted by Crippen LogP contribution is 2.39. The summed E-state index contributed by atoms with van der Waals surface area (Å²) in [6, 6.07) is 19.8. The number of nitrogens with zero attached hydrogens (tertiary/aromatic N) is 2. The Labute approximate surface area is 300 Å². The van der Waals surface area contributed by atoms with Crippen molar-refractivity contribution in [2.24, 2.45) is 5.41 Å². The largest absolute Gasteiger partial charge is 0.859 e. The molecule has 0 saturated carbocycles. The molecule has 6 rings (SSSR count). The van der Waals surface area contributed by atoms with Crippen molar-refractivity contribution in [3.05, 3.63) is 130 Å². The molecule has 2 atom stereocenters. The first kappa shape index (κ1) is 35.1. The first-order valence-corrected chi connectivity index (χ1v) is 17.4. The molecule has 2 unspecified atom stereocenters. The Morgan fingerprint density at radius 2 is 1.50 bits per heavy atom. The molecule has 0 bridgehead atoms. The summed E-state index contributed by atoms with van der Waals surface area (Å²) in [5.74, 6) is -1.88. The van der Waals surface area contributed by atoms with Gasteiger partial charge < -0.3 is 24.4 Å². The fraction of sp³-hybridized carbons (Fsp3) is 0.316. The molecule has 1 fully saturated rings. The van der Waals surface area contributed by atoms with Gasteiger partial charge in [0.25, 0.3) is 11.1 Å². The third-order valence-corrected chi connectivity index (χ3v) is 10.3. The average Bonchev–Trinajstić information content (AvgIpc) is 3.05. The molecule has 0 aliphatic carbocycles. The van der Waals surface area contributed by atoms with Crippen molar-refractivity contribution < 1.29 is 19.8 Å². The Hall–Kier alpha value is -4.78. The molecular formula is C38H41N5O5S2. The zero-order valence-corrected chi connectivity index (χ0v) is 30.4. The normalized spacial score (nSPS) is 16.2. The fourth-order valence-electron chi connectivity index (χ4n) is 7.34. The molecule has 0 radical (unpaired) electrons. The monoisotopic (exact) mass is 711 g/mol. The van der Waals surface area contributed by atoms with Gasteiger partial charge in [0.2, 0.25) is 5.88 Å². The number of nitrogens with one attached hydrogen (secondary N) is 3. The SMILES string of the molecule is COc1ccc(C(c2c([O-])n(-c3ccccc3C)c(=S)[nH]c2=O)c2c(O)n(-c3ccccc3C)c(=S)[nH]c2=O)cc1C[NH+]1CCCC(C)(C)C1. The molecule has 0 spiro atoms. The Balaban J connectivity index is 1.67. The molecule has 1 aliphatic heterocycles. The Kier molecular flexibility index (Phi) is 9.71. The lowest BCUT2D eigenvalue weighted by molar-refractivity contribution is -0.925. The van der Waals surface area contributed by atoms with Crippen LogP contribution >= 0.6 is 24.4 Å². The molecule has 10 nitrogen and oxygen atoms in total. The zero-order valence-electron chi connectivity index (χ0n) is 28.8. The molecule has 2 aromatic heterocycles. The van der Waals surface area contributed by atoms with E-state index in [2.05, 4.69) is 23.8 Å². The van der Waals surface area contributed by atoms with Crippen LogP contribution < -0.4 is 25.9 Å². The summed E-state index contributed by atoms with van der Waals surface area (Å²) in [5.41, 5.74) is 2.04. The maximum absolute atomic E-state index is 14.7. The van der Waals surface area contributed by atoms with Crippen LogP contribution in [-0.4, -0.2) is 44.4 Å². The zero-order chi connectivity index (χ0) is 35.9. The lowest BCUT2D eigenvalue weighted by atomic mass is 9.83. The number of benzene rings is 3. The summed E-state index contributed by atoms with van der Waals surface area (Å²) in [6.07, 6.45) is 2.23. The Bertz CT molecular complexity index is 2220. The van der Waals surface area contributed by atoms with Gasteiger partial charge in [0.05, 0.1) is 37.4 Å². The van der Waals surface area contributed by atoms with E-state index in [4.69, 9.17) is 29.2 Å². The van der Waals surface area contributed by atoms with Gasteiger partial charge in [-0.1, -0.05) is 56.3 Å². The maximum atomic E-state index is 14.7. The van der Waals surface area contributed by atoms with Crippen LogP contribution in [0.5, 0.6) is 17.5 Å². The van der Waals surface area contributed by atoms with Crippen molar-refractivity contribution in [2.45, 2.75) is 53.0 Å². The van der Waals surface area contributed by atoms with Gasteiger partial charge in [0, 0.05) is 22.2 Å². The van der Waals surface area contributed by atoms with Crippen LogP contribution in [0.3, 0.4) is 0 Å². The van der Waals surface area contributed by atoms with Gasteiger partial charge in [-0.05, 0) is 98.0 Å². The van der Waals surface area contributed by atoms with E-state index in [9.17, 15) is 19.8 Å². The minimum Gasteiger partial charge on any atom is -0.859 e. The van der Waals surface area contributed by atoms with Crippen LogP contribution in [0.2, 0.25) is 0 Å². The van der Waals surface area contributed by atoms with Crippen molar-refractivity contribution in [1.29, 1.82) is 0 Å². The third-order valence-electron chi connectivity index (χ3n) is 9.70. The number of H-pyrrole nitrogens is 2. The predicted molar refractivity (Wildman–Crippen MR) is 196 cm³/mol. The van der Waals surface area contributed by atoms with E-state index in [1.54, 1.807) is 43.5 Å². The maximum Gasteiger partial charge on any atom is 0.259 e. The van der Waals surface area contributed by atoms with E-state index in [0.717, 1.165) is 42.6 Å². The quantitative estimate of drug-likeness (QED) is 0.169. The topological polar surface area (TPSA) is 133 Å². The van der Waals surface area contributed by atoms with Crippen LogP contribution in [-0.2, 0) is 6.54 Å². The van der Waals surface area contributed by atoms with Crippen molar-refractivity contribution in [2.75, 3.05) is 20.2 Å². The molecular weight excluding hydrogens is 671 g/mol. The molecule has 12 heteroatoms. The highest BCUT2D eigenvalue weighted by atomic mass is 32.1. The second kappa shape index (κ2) is 13.9. The summed E-state index contributed by atoms with van der Waals surface area (Å²) in [4.78, 5) is 34.8. The highest BCUT2D eigenvalue weighted by Gasteiger charge is 2.33. The number of aryl methyl sites for hydroxylation is 2. The fourth-order valence-corrected chi connectivity index (χ4v) is 7.89. The smallest absolute Gasteiger partial charge is 0.259 e. The number of hydrogen-bond acceptors (Lipinski definition) is 7. The first-order chi connectivity index (χ1) is 23.8. The summed E-state index contributed by atoms with van der Waals surface area (Å²) in [7, 11) is 1.60. The minimum atomic E-state index is -1.33. The van der Waals surface area contributed by atoms with Gasteiger partial charge in [-0.15, -0.1) is 0 Å². The van der Waals surface area contributed by atoms with E-state index < -0.39 is 28.8 Å². The second-order valence-electron chi connectivity index (χ2n) is 13.8. The number of para-hydroxylation sites is 2. The second-order valence-corrected chi connectivity index (χ2v) is 14.6. The van der Waals surface area contributed by atoms with Gasteiger partial charge in [0.1, 0.15) is 12.3 Å². The van der Waals surface area contributed by atoms with E-state index >= 15 is 0 Å². The number of ether oxygens (including phenoxy) is 1. The van der Waals surface area contributed by atoms with Gasteiger partial charge in [-0.25, -0.2) is 0 Å². The van der Waals surface area contributed by atoms with Crippen molar-refractivity contribution in [1.82, 2.24) is 19.1 Å². The number of piperidine rings is 1. The lowest BCUT2D eigenvalue weighted by Crippen LogP contribution is -3.13. The van der Waals surface area contributed by atoms with Crippen molar-refractivity contribution in [3.8, 4) is 28.9 Å². The van der Waals surface area contributed by atoms with Crippen LogP contribution in [0.25, 0.3) is 11.4 Å². The highest BCUT2D eigenvalue weighted by molar-refractivity contribution is 7.71. The van der Waals surface area contributed by atoms with Crippen LogP contribution in [0.4, 0.5) is 0 Å². The number of aromatic hydroxyl groups is 1. The number of aromatic nitrogens is 4. The standard InChI is InChI=1S/C38H41N5O5S2/c1-22-11-6-8-13-26(22)42-34(46)30(32(44)39-36(42)49)29(31-33(45)40-37(50)43(35(31)47)27-14-9-7-12-23(27)2)24-15-16-28(48-5)25(19-24)20-41-18-10-17-38(3,4)21-41/h6-9,11-16,19,29,46-47H,10,17-18,20-21H2,1-5H3,(H,39,44,49)(H,40,45,50). The van der Waals surface area contributed by atoms with Gasteiger partial charge in [-0.2, -0.15) is 0 Å². The summed E-state index contributed by atoms with van der Waals surface area (Å²) in [6.45, 7) is 10.8. The van der Waals surface area contributed by atoms with E-state index in [1.807, 2.05) is 44.2 Å².